The first-order chi connectivity index (χ1) is 7.83. The van der Waals surface area contributed by atoms with Crippen molar-refractivity contribution in [3.63, 3.8) is 0 Å². The second-order valence-electron chi connectivity index (χ2n) is 4.52. The third-order valence-electron chi connectivity index (χ3n) is 2.20. The Morgan fingerprint density at radius 1 is 1.53 bits per heavy atom. The number of likely N-dealkylation sites (N-methyl/N-ethyl adjacent to an activating group) is 1. The number of carbonyl (C=O) groups is 1. The molecule has 1 N–H and O–H groups in total. The van der Waals surface area contributed by atoms with Gasteiger partial charge in [0, 0.05) is 29.1 Å². The van der Waals surface area contributed by atoms with Crippen molar-refractivity contribution in [3.05, 3.63) is 27.6 Å². The van der Waals surface area contributed by atoms with Gasteiger partial charge >= 0.3 is 0 Å². The minimum atomic E-state index is -0.888. The van der Waals surface area contributed by atoms with Crippen molar-refractivity contribution in [1.29, 1.82) is 0 Å². The summed E-state index contributed by atoms with van der Waals surface area (Å²) in [5.74, 6) is -0.0966. The SMILES string of the molecule is CCN(CC(C)(C)O)C(=O)c1cncc(I)c1. The summed E-state index contributed by atoms with van der Waals surface area (Å²) in [5.41, 5.74) is -0.330. The molecule has 94 valence electrons. The molecular formula is C12H17IN2O2. The summed E-state index contributed by atoms with van der Waals surface area (Å²) in [6, 6.07) is 1.79. The number of pyridine rings is 1. The zero-order chi connectivity index (χ0) is 13.1. The molecule has 0 atom stereocenters. The molecule has 0 unspecified atom stereocenters. The van der Waals surface area contributed by atoms with Crippen LogP contribution in [0.1, 0.15) is 31.1 Å². The van der Waals surface area contributed by atoms with E-state index < -0.39 is 5.60 Å². The molecule has 1 amide bonds. The van der Waals surface area contributed by atoms with Gasteiger partial charge in [-0.1, -0.05) is 0 Å². The fourth-order valence-corrected chi connectivity index (χ4v) is 2.00. The highest BCUT2D eigenvalue weighted by atomic mass is 127. The predicted molar refractivity (Wildman–Crippen MR) is 74.8 cm³/mol. The van der Waals surface area contributed by atoms with Crippen LogP contribution in [0.5, 0.6) is 0 Å². The minimum Gasteiger partial charge on any atom is -0.389 e. The molecule has 0 aliphatic carbocycles. The van der Waals surface area contributed by atoms with Crippen LogP contribution >= 0.6 is 22.6 Å². The first kappa shape index (κ1) is 14.4. The molecule has 17 heavy (non-hydrogen) atoms. The molecule has 0 aliphatic heterocycles. The van der Waals surface area contributed by atoms with Crippen LogP contribution in [0.25, 0.3) is 0 Å². The maximum absolute atomic E-state index is 12.2. The number of aromatic nitrogens is 1. The molecular weight excluding hydrogens is 331 g/mol. The number of carbonyl (C=O) groups excluding carboxylic acids is 1. The zero-order valence-electron chi connectivity index (χ0n) is 10.3. The topological polar surface area (TPSA) is 53.4 Å². The third kappa shape index (κ3) is 4.59. The van der Waals surface area contributed by atoms with Crippen LogP contribution in [0.4, 0.5) is 0 Å². The van der Waals surface area contributed by atoms with Gasteiger partial charge in [-0.25, -0.2) is 0 Å². The van der Waals surface area contributed by atoms with Crippen LogP contribution in [-0.2, 0) is 0 Å². The van der Waals surface area contributed by atoms with Crippen LogP contribution in [0.15, 0.2) is 18.5 Å². The lowest BCUT2D eigenvalue weighted by atomic mass is 10.1. The van der Waals surface area contributed by atoms with Crippen molar-refractivity contribution < 1.29 is 9.90 Å². The molecule has 1 rings (SSSR count). The zero-order valence-corrected chi connectivity index (χ0v) is 12.4. The van der Waals surface area contributed by atoms with Crippen LogP contribution in [0.2, 0.25) is 0 Å². The second kappa shape index (κ2) is 5.77. The molecule has 1 heterocycles. The Balaban J connectivity index is 2.87. The van der Waals surface area contributed by atoms with Crippen molar-refractivity contribution >= 4 is 28.5 Å². The maximum Gasteiger partial charge on any atom is 0.255 e. The molecule has 0 saturated heterocycles. The van der Waals surface area contributed by atoms with Gasteiger partial charge in [-0.05, 0) is 49.4 Å². The summed E-state index contributed by atoms with van der Waals surface area (Å²) < 4.78 is 0.924. The second-order valence-corrected chi connectivity index (χ2v) is 5.77. The third-order valence-corrected chi connectivity index (χ3v) is 2.79. The molecule has 0 spiro atoms. The van der Waals surface area contributed by atoms with E-state index in [2.05, 4.69) is 27.6 Å². The van der Waals surface area contributed by atoms with E-state index in [-0.39, 0.29) is 5.91 Å². The average molecular weight is 348 g/mol. The molecule has 0 radical (unpaired) electrons. The van der Waals surface area contributed by atoms with Crippen LogP contribution in [0.3, 0.4) is 0 Å². The quantitative estimate of drug-likeness (QED) is 0.846. The van der Waals surface area contributed by atoms with Gasteiger partial charge in [0.2, 0.25) is 0 Å². The molecule has 0 bridgehead atoms. The molecule has 4 nitrogen and oxygen atoms in total. The molecule has 1 aromatic rings. The highest BCUT2D eigenvalue weighted by Crippen LogP contribution is 2.11. The fraction of sp³-hybridized carbons (Fsp3) is 0.500. The van der Waals surface area contributed by atoms with E-state index in [1.54, 1.807) is 37.2 Å². The summed E-state index contributed by atoms with van der Waals surface area (Å²) in [6.45, 7) is 6.15. The summed E-state index contributed by atoms with van der Waals surface area (Å²) in [4.78, 5) is 17.8. The van der Waals surface area contributed by atoms with E-state index in [1.807, 2.05) is 6.92 Å². The lowest BCUT2D eigenvalue weighted by molar-refractivity contribution is 0.0314. The Hall–Kier alpha value is -0.690. The van der Waals surface area contributed by atoms with Crippen molar-refractivity contribution in [2.24, 2.45) is 0 Å². The fourth-order valence-electron chi connectivity index (χ4n) is 1.51. The van der Waals surface area contributed by atoms with Crippen molar-refractivity contribution in [2.45, 2.75) is 26.4 Å². The number of hydrogen-bond donors (Lipinski definition) is 1. The Morgan fingerprint density at radius 2 is 2.18 bits per heavy atom. The molecule has 0 saturated carbocycles. The summed E-state index contributed by atoms with van der Waals surface area (Å²) in [5, 5.41) is 9.76. The molecule has 1 aromatic heterocycles. The van der Waals surface area contributed by atoms with Gasteiger partial charge in [0.1, 0.15) is 0 Å². The highest BCUT2D eigenvalue weighted by molar-refractivity contribution is 14.1. The van der Waals surface area contributed by atoms with Crippen LogP contribution < -0.4 is 0 Å². The molecule has 5 heteroatoms. The van der Waals surface area contributed by atoms with Crippen LogP contribution in [-0.4, -0.2) is 39.6 Å². The highest BCUT2D eigenvalue weighted by Gasteiger charge is 2.22. The number of aliphatic hydroxyl groups is 1. The van der Waals surface area contributed by atoms with E-state index in [0.717, 1.165) is 3.57 Å². The average Bonchev–Trinajstić information content (AvgIpc) is 2.23. The van der Waals surface area contributed by atoms with Crippen molar-refractivity contribution in [1.82, 2.24) is 9.88 Å². The number of hydrogen-bond acceptors (Lipinski definition) is 3. The van der Waals surface area contributed by atoms with Gasteiger partial charge in [0.15, 0.2) is 0 Å². The van der Waals surface area contributed by atoms with Gasteiger partial charge in [-0.3, -0.25) is 9.78 Å². The van der Waals surface area contributed by atoms with E-state index in [1.165, 1.54) is 0 Å². The standard InChI is InChI=1S/C12H17IN2O2/c1-4-15(8-12(2,3)17)11(16)9-5-10(13)7-14-6-9/h5-7,17H,4,8H2,1-3H3. The summed E-state index contributed by atoms with van der Waals surface area (Å²) >= 11 is 2.12. The van der Waals surface area contributed by atoms with E-state index in [0.29, 0.717) is 18.7 Å². The van der Waals surface area contributed by atoms with Gasteiger partial charge in [0.05, 0.1) is 11.2 Å². The first-order valence-electron chi connectivity index (χ1n) is 5.45. The molecule has 0 aromatic carbocycles. The number of nitrogens with zero attached hydrogens (tertiary/aromatic N) is 2. The Morgan fingerprint density at radius 3 is 2.65 bits per heavy atom. The van der Waals surface area contributed by atoms with Gasteiger partial charge in [0.25, 0.3) is 5.91 Å². The Kier molecular flexibility index (Phi) is 4.88. The van der Waals surface area contributed by atoms with Gasteiger partial charge in [-0.15, -0.1) is 0 Å². The largest absolute Gasteiger partial charge is 0.389 e. The van der Waals surface area contributed by atoms with Crippen molar-refractivity contribution in [2.75, 3.05) is 13.1 Å². The number of halogens is 1. The normalized spacial score (nSPS) is 11.4. The summed E-state index contributed by atoms with van der Waals surface area (Å²) in [7, 11) is 0. The molecule has 0 aliphatic rings. The number of amides is 1. The number of rotatable bonds is 4. The van der Waals surface area contributed by atoms with E-state index >= 15 is 0 Å². The predicted octanol–water partition coefficient (Wildman–Crippen LogP) is 1.92. The van der Waals surface area contributed by atoms with Crippen LogP contribution in [0, 0.1) is 3.57 Å². The smallest absolute Gasteiger partial charge is 0.255 e. The minimum absolute atomic E-state index is 0.0966. The van der Waals surface area contributed by atoms with E-state index in [9.17, 15) is 9.90 Å². The monoisotopic (exact) mass is 348 g/mol. The Labute approximate surface area is 115 Å². The lowest BCUT2D eigenvalue weighted by Crippen LogP contribution is -2.42. The Bertz CT molecular complexity index is 402. The first-order valence-corrected chi connectivity index (χ1v) is 6.53. The molecule has 0 fully saturated rings. The van der Waals surface area contributed by atoms with Crippen molar-refractivity contribution in [3.8, 4) is 0 Å². The summed E-state index contributed by atoms with van der Waals surface area (Å²) in [6.07, 6.45) is 3.25. The van der Waals surface area contributed by atoms with Gasteiger partial charge < -0.3 is 10.0 Å². The maximum atomic E-state index is 12.2. The lowest BCUT2D eigenvalue weighted by Gasteiger charge is -2.28. The van der Waals surface area contributed by atoms with Gasteiger partial charge in [-0.2, -0.15) is 0 Å². The van der Waals surface area contributed by atoms with E-state index in [4.69, 9.17) is 0 Å².